The van der Waals surface area contributed by atoms with Crippen molar-refractivity contribution in [3.8, 4) is 23.0 Å². The zero-order valence-corrected chi connectivity index (χ0v) is 16.9. The van der Waals surface area contributed by atoms with Crippen molar-refractivity contribution in [3.05, 3.63) is 46.5 Å². The average Bonchev–Trinajstić information content (AvgIpc) is 3.33. The van der Waals surface area contributed by atoms with Crippen LogP contribution in [0.1, 0.15) is 35.2 Å². The Kier molecular flexibility index (Phi) is 3.85. The predicted molar refractivity (Wildman–Crippen MR) is 94.7 cm³/mol. The van der Waals surface area contributed by atoms with Gasteiger partial charge in [0.15, 0.2) is 23.0 Å². The van der Waals surface area contributed by atoms with Crippen LogP contribution in [-0.2, 0) is 19.4 Å². The van der Waals surface area contributed by atoms with Gasteiger partial charge in [0.05, 0.1) is 18.7 Å². The molecule has 5 nitrogen and oxygen atoms in total. The Labute approximate surface area is 169 Å². The fourth-order valence-electron chi connectivity index (χ4n) is 5.26. The van der Waals surface area contributed by atoms with E-state index in [1.165, 1.54) is 22.3 Å². The largest absolute Gasteiger partial charge is 1.00 e. The van der Waals surface area contributed by atoms with E-state index in [4.69, 9.17) is 18.9 Å². The zero-order valence-electron chi connectivity index (χ0n) is 15.3. The van der Waals surface area contributed by atoms with Crippen LogP contribution in [-0.4, -0.2) is 31.2 Å². The number of likely N-dealkylation sites (N-methyl/N-ethyl adjacent to an activating group) is 1. The molecule has 142 valence electrons. The molecule has 0 bridgehead atoms. The topological polar surface area (TPSA) is 36.9 Å². The summed E-state index contributed by atoms with van der Waals surface area (Å²) in [6.07, 6.45) is 2.12. The summed E-state index contributed by atoms with van der Waals surface area (Å²) in [6.45, 7) is 6.27. The van der Waals surface area contributed by atoms with Gasteiger partial charge in [0.1, 0.15) is 12.6 Å². The van der Waals surface area contributed by atoms with E-state index in [0.29, 0.717) is 19.6 Å². The molecule has 0 aromatic heterocycles. The molecule has 0 aliphatic carbocycles. The molecule has 4 aliphatic heterocycles. The molecule has 0 N–H and O–H groups in total. The molecule has 0 spiro atoms. The highest BCUT2D eigenvalue weighted by Gasteiger charge is 2.47. The van der Waals surface area contributed by atoms with E-state index in [1.54, 1.807) is 0 Å². The minimum absolute atomic E-state index is 0. The number of benzene rings is 2. The van der Waals surface area contributed by atoms with Crippen LogP contribution >= 0.6 is 0 Å². The molecule has 6 rings (SSSR count). The number of hydrogen-bond acceptors (Lipinski definition) is 4. The Balaban J connectivity index is 0.00000160. The van der Waals surface area contributed by atoms with E-state index < -0.39 is 0 Å². The summed E-state index contributed by atoms with van der Waals surface area (Å²) in [4.78, 5) is 0. The first kappa shape index (κ1) is 17.2. The lowest BCUT2D eigenvalue weighted by atomic mass is 9.81. The first-order valence-electron chi connectivity index (χ1n) is 9.46. The second-order valence-corrected chi connectivity index (χ2v) is 7.73. The number of quaternary nitrogens is 1. The van der Waals surface area contributed by atoms with Crippen LogP contribution in [0.4, 0.5) is 0 Å². The number of rotatable bonds is 1. The van der Waals surface area contributed by atoms with Gasteiger partial charge < -0.3 is 40.4 Å². The van der Waals surface area contributed by atoms with E-state index in [1.807, 2.05) is 0 Å². The van der Waals surface area contributed by atoms with Crippen LogP contribution in [0.2, 0.25) is 0 Å². The number of ether oxygens (including phenoxy) is 4. The maximum atomic E-state index is 5.83. The van der Waals surface area contributed by atoms with E-state index in [-0.39, 0.29) is 17.0 Å². The summed E-state index contributed by atoms with van der Waals surface area (Å²) in [6, 6.07) is 9.20. The molecule has 2 aromatic rings. The van der Waals surface area contributed by atoms with Crippen molar-refractivity contribution in [1.82, 2.24) is 0 Å². The summed E-state index contributed by atoms with van der Waals surface area (Å²) in [5.41, 5.74) is 5.60. The van der Waals surface area contributed by atoms with Crippen molar-refractivity contribution in [1.29, 1.82) is 0 Å². The molecular formula is C21H22BrNO4. The van der Waals surface area contributed by atoms with Gasteiger partial charge in [-0.2, -0.15) is 0 Å². The molecule has 4 heterocycles. The number of nitrogens with zero attached hydrogens (tertiary/aromatic N) is 1. The SMILES string of the molecule is CC[N+]12CCc3cc4c(cc3C1Cc1ccc3c(c1C2)OCO3)OCO4.[Br-]. The zero-order chi connectivity index (χ0) is 17.3. The number of halogens is 1. The third kappa shape index (κ3) is 2.32. The highest BCUT2D eigenvalue weighted by Crippen LogP contribution is 2.50. The molecule has 6 heteroatoms. The van der Waals surface area contributed by atoms with Crippen molar-refractivity contribution < 1.29 is 40.4 Å². The molecule has 2 unspecified atom stereocenters. The maximum Gasteiger partial charge on any atom is 0.231 e. The standard InChI is InChI=1S/C21H22NO4.BrH/c1-2-22-6-5-14-8-19-20(25-11-24-19)9-15(14)17(22)7-13-3-4-18-21(16(13)10-22)26-12-23-18;/h3-4,8-9,17H,2,5-7,10-12H2,1H3;1H/q+1;/p-1. The van der Waals surface area contributed by atoms with Crippen LogP contribution in [0.5, 0.6) is 23.0 Å². The first-order chi connectivity index (χ1) is 12.8. The Morgan fingerprint density at radius 3 is 2.59 bits per heavy atom. The van der Waals surface area contributed by atoms with Gasteiger partial charge in [-0.25, -0.2) is 0 Å². The van der Waals surface area contributed by atoms with Gasteiger partial charge in [-0.1, -0.05) is 6.07 Å². The van der Waals surface area contributed by atoms with E-state index in [0.717, 1.165) is 60.0 Å². The first-order valence-corrected chi connectivity index (χ1v) is 9.46. The van der Waals surface area contributed by atoms with Gasteiger partial charge >= 0.3 is 0 Å². The molecule has 0 radical (unpaired) electrons. The summed E-state index contributed by atoms with van der Waals surface area (Å²) in [7, 11) is 0. The second-order valence-electron chi connectivity index (χ2n) is 7.73. The summed E-state index contributed by atoms with van der Waals surface area (Å²) >= 11 is 0. The Morgan fingerprint density at radius 1 is 0.963 bits per heavy atom. The van der Waals surface area contributed by atoms with Crippen molar-refractivity contribution in [2.45, 2.75) is 32.4 Å². The highest BCUT2D eigenvalue weighted by atomic mass is 79.9. The lowest BCUT2D eigenvalue weighted by Crippen LogP contribution is -3.00. The fourth-order valence-corrected chi connectivity index (χ4v) is 5.26. The lowest BCUT2D eigenvalue weighted by Gasteiger charge is -2.51. The Bertz CT molecular complexity index is 931. The van der Waals surface area contributed by atoms with Crippen molar-refractivity contribution in [3.63, 3.8) is 0 Å². The monoisotopic (exact) mass is 431 g/mol. The Hall–Kier alpha value is -1.92. The molecule has 0 saturated heterocycles. The van der Waals surface area contributed by atoms with Crippen LogP contribution in [0.3, 0.4) is 0 Å². The van der Waals surface area contributed by atoms with Crippen LogP contribution in [0.25, 0.3) is 0 Å². The van der Waals surface area contributed by atoms with Gasteiger partial charge in [0.25, 0.3) is 0 Å². The molecule has 2 atom stereocenters. The predicted octanol–water partition coefficient (Wildman–Crippen LogP) is 0.338. The van der Waals surface area contributed by atoms with Crippen LogP contribution in [0.15, 0.2) is 24.3 Å². The summed E-state index contributed by atoms with van der Waals surface area (Å²) in [5, 5.41) is 0. The third-order valence-electron chi connectivity index (χ3n) is 6.74. The molecular weight excluding hydrogens is 410 g/mol. The summed E-state index contributed by atoms with van der Waals surface area (Å²) < 4.78 is 23.8. The number of fused-ring (bicyclic) bond motifs is 7. The fraction of sp³-hybridized carbons (Fsp3) is 0.429. The van der Waals surface area contributed by atoms with Gasteiger partial charge in [-0.05, 0) is 36.2 Å². The third-order valence-corrected chi connectivity index (χ3v) is 6.74. The highest BCUT2D eigenvalue weighted by molar-refractivity contribution is 5.54. The van der Waals surface area contributed by atoms with Crippen LogP contribution in [0, 0.1) is 0 Å². The van der Waals surface area contributed by atoms with Crippen molar-refractivity contribution >= 4 is 0 Å². The van der Waals surface area contributed by atoms with Gasteiger partial charge in [0, 0.05) is 18.4 Å². The molecule has 2 aromatic carbocycles. The summed E-state index contributed by atoms with van der Waals surface area (Å²) in [5.74, 6) is 3.68. The molecule has 4 aliphatic rings. The quantitative estimate of drug-likeness (QED) is 0.610. The molecule has 27 heavy (non-hydrogen) atoms. The van der Waals surface area contributed by atoms with E-state index in [2.05, 4.69) is 31.2 Å². The molecule has 0 saturated carbocycles. The van der Waals surface area contributed by atoms with E-state index in [9.17, 15) is 0 Å². The molecule has 0 amide bonds. The van der Waals surface area contributed by atoms with Gasteiger partial charge in [-0.3, -0.25) is 0 Å². The van der Waals surface area contributed by atoms with E-state index >= 15 is 0 Å². The normalized spacial score (nSPS) is 25.9. The minimum Gasteiger partial charge on any atom is -1.00 e. The van der Waals surface area contributed by atoms with Crippen molar-refractivity contribution in [2.75, 3.05) is 26.7 Å². The maximum absolute atomic E-state index is 5.83. The lowest BCUT2D eigenvalue weighted by molar-refractivity contribution is -0.972. The van der Waals surface area contributed by atoms with Crippen LogP contribution < -0.4 is 35.9 Å². The Morgan fingerprint density at radius 2 is 1.74 bits per heavy atom. The van der Waals surface area contributed by atoms with Gasteiger partial charge in [-0.15, -0.1) is 0 Å². The average molecular weight is 432 g/mol. The van der Waals surface area contributed by atoms with Gasteiger partial charge in [0.2, 0.25) is 13.6 Å². The second kappa shape index (κ2) is 6.04. The molecule has 0 fully saturated rings. The number of hydrogen-bond donors (Lipinski definition) is 0. The smallest absolute Gasteiger partial charge is 0.231 e. The van der Waals surface area contributed by atoms with Crippen molar-refractivity contribution in [2.24, 2.45) is 0 Å². The minimum atomic E-state index is 0.